The van der Waals surface area contributed by atoms with Crippen LogP contribution in [0.3, 0.4) is 0 Å². The Balaban J connectivity index is 1.89. The third-order valence-corrected chi connectivity index (χ3v) is 5.41. The third kappa shape index (κ3) is 4.19. The lowest BCUT2D eigenvalue weighted by Gasteiger charge is -2.13. The lowest BCUT2D eigenvalue weighted by Crippen LogP contribution is -2.27. The van der Waals surface area contributed by atoms with Gasteiger partial charge in [0.1, 0.15) is 6.61 Å². The highest BCUT2D eigenvalue weighted by molar-refractivity contribution is 8.19. The van der Waals surface area contributed by atoms with Crippen molar-refractivity contribution in [3.8, 4) is 11.5 Å². The minimum Gasteiger partial charge on any atom is -0.493 e. The lowest BCUT2D eigenvalue weighted by atomic mass is 10.2. The summed E-state index contributed by atoms with van der Waals surface area (Å²) in [6, 6.07) is 9.83. The number of nitrogens with zero attached hydrogens (tertiary/aromatic N) is 1. The first-order chi connectivity index (χ1) is 13.4. The maximum atomic E-state index is 12.8. The highest BCUT2D eigenvalue weighted by atomic mass is 35.5. The molecule has 0 bridgehead atoms. The Kier molecular flexibility index (Phi) is 6.34. The highest BCUT2D eigenvalue weighted by Crippen LogP contribution is 2.38. The van der Waals surface area contributed by atoms with Gasteiger partial charge in [-0.3, -0.25) is 9.59 Å². The quantitative estimate of drug-likeness (QED) is 0.423. The normalized spacial score (nSPS) is 15.2. The molecule has 144 valence electrons. The number of hydrogen-bond donors (Lipinski definition) is 0. The Hall–Kier alpha value is -2.41. The van der Waals surface area contributed by atoms with Gasteiger partial charge >= 0.3 is 0 Å². The van der Waals surface area contributed by atoms with Crippen molar-refractivity contribution in [1.29, 1.82) is 0 Å². The summed E-state index contributed by atoms with van der Waals surface area (Å²) in [6.07, 6.45) is 3.26. The van der Waals surface area contributed by atoms with Crippen LogP contribution in [0.4, 0.5) is 10.5 Å². The molecule has 2 aromatic carbocycles. The number of ether oxygens (including phenoxy) is 2. The molecule has 1 aliphatic heterocycles. The van der Waals surface area contributed by atoms with E-state index in [1.807, 2.05) is 0 Å². The van der Waals surface area contributed by atoms with E-state index >= 15 is 0 Å². The number of imide groups is 1. The fraction of sp³-hybridized carbons (Fsp3) is 0.100. The molecule has 0 spiro atoms. The first-order valence-electron chi connectivity index (χ1n) is 8.09. The van der Waals surface area contributed by atoms with Crippen LogP contribution in [-0.4, -0.2) is 24.9 Å². The number of carbonyl (C=O) groups is 2. The molecular formula is C20H15Cl2NO4S. The smallest absolute Gasteiger partial charge is 0.298 e. The van der Waals surface area contributed by atoms with Crippen LogP contribution in [-0.2, 0) is 4.79 Å². The summed E-state index contributed by atoms with van der Waals surface area (Å²) < 4.78 is 10.8. The molecule has 0 atom stereocenters. The van der Waals surface area contributed by atoms with E-state index in [1.54, 1.807) is 42.5 Å². The summed E-state index contributed by atoms with van der Waals surface area (Å²) in [5.74, 6) is 0.641. The highest BCUT2D eigenvalue weighted by Gasteiger charge is 2.36. The van der Waals surface area contributed by atoms with Crippen molar-refractivity contribution in [2.24, 2.45) is 0 Å². The van der Waals surface area contributed by atoms with Gasteiger partial charge in [0.25, 0.3) is 11.1 Å². The van der Waals surface area contributed by atoms with Crippen LogP contribution in [0.2, 0.25) is 10.0 Å². The van der Waals surface area contributed by atoms with Crippen molar-refractivity contribution in [2.75, 3.05) is 18.6 Å². The summed E-state index contributed by atoms with van der Waals surface area (Å²) in [5.41, 5.74) is 1.06. The van der Waals surface area contributed by atoms with Crippen LogP contribution in [0, 0.1) is 0 Å². The zero-order valence-corrected chi connectivity index (χ0v) is 17.1. The van der Waals surface area contributed by atoms with Gasteiger partial charge in [-0.1, -0.05) is 41.9 Å². The molecule has 3 rings (SSSR count). The van der Waals surface area contributed by atoms with Crippen LogP contribution in [0.1, 0.15) is 5.56 Å². The summed E-state index contributed by atoms with van der Waals surface area (Å²) in [4.78, 5) is 26.5. The van der Waals surface area contributed by atoms with Crippen molar-refractivity contribution in [2.45, 2.75) is 0 Å². The summed E-state index contributed by atoms with van der Waals surface area (Å²) in [6.45, 7) is 3.95. The fourth-order valence-corrected chi connectivity index (χ4v) is 3.64. The monoisotopic (exact) mass is 435 g/mol. The molecule has 0 aliphatic carbocycles. The molecule has 0 aromatic heterocycles. The number of anilines is 1. The van der Waals surface area contributed by atoms with Gasteiger partial charge in [-0.25, -0.2) is 4.90 Å². The van der Waals surface area contributed by atoms with E-state index in [0.717, 1.165) is 16.7 Å². The number of halogens is 2. The van der Waals surface area contributed by atoms with Crippen molar-refractivity contribution < 1.29 is 19.1 Å². The van der Waals surface area contributed by atoms with E-state index in [9.17, 15) is 9.59 Å². The minimum atomic E-state index is -0.431. The standard InChI is InChI=1S/C20H15Cl2NO4S/c1-3-8-27-16-7-4-12(9-17(16)26-2)10-18-19(24)23(20(25)28-18)13-5-6-14(21)15(22)11-13/h3-7,9-11H,1,8H2,2H3/b18-10+. The van der Waals surface area contributed by atoms with Crippen LogP contribution in [0.5, 0.6) is 11.5 Å². The van der Waals surface area contributed by atoms with Crippen molar-refractivity contribution >= 4 is 57.9 Å². The molecule has 8 heteroatoms. The molecule has 5 nitrogen and oxygen atoms in total. The van der Waals surface area contributed by atoms with Gasteiger partial charge < -0.3 is 9.47 Å². The van der Waals surface area contributed by atoms with E-state index in [0.29, 0.717) is 34.4 Å². The number of rotatable bonds is 6. The molecule has 2 aromatic rings. The minimum absolute atomic E-state index is 0.266. The first kappa shape index (κ1) is 20.3. The number of benzene rings is 2. The molecule has 1 aliphatic rings. The van der Waals surface area contributed by atoms with E-state index in [2.05, 4.69) is 6.58 Å². The maximum Gasteiger partial charge on any atom is 0.298 e. The van der Waals surface area contributed by atoms with Gasteiger partial charge in [-0.2, -0.15) is 0 Å². The first-order valence-corrected chi connectivity index (χ1v) is 9.66. The fourth-order valence-electron chi connectivity index (χ4n) is 2.51. The Morgan fingerprint density at radius 2 is 1.89 bits per heavy atom. The van der Waals surface area contributed by atoms with Crippen molar-refractivity contribution in [1.82, 2.24) is 0 Å². The zero-order chi connectivity index (χ0) is 20.3. The number of carbonyl (C=O) groups excluding carboxylic acids is 2. The molecule has 28 heavy (non-hydrogen) atoms. The SMILES string of the molecule is C=CCOc1ccc(/C=C2/SC(=O)N(c3ccc(Cl)c(Cl)c3)C2=O)cc1OC. The second-order valence-corrected chi connectivity index (χ2v) is 7.43. The number of amides is 2. The molecule has 0 radical (unpaired) electrons. The number of thioether (sulfide) groups is 1. The average molecular weight is 436 g/mol. The Morgan fingerprint density at radius 3 is 2.57 bits per heavy atom. The molecular weight excluding hydrogens is 421 g/mol. The van der Waals surface area contributed by atoms with Crippen LogP contribution in [0.25, 0.3) is 6.08 Å². The van der Waals surface area contributed by atoms with Gasteiger partial charge in [-0.15, -0.1) is 0 Å². The average Bonchev–Trinajstić information content (AvgIpc) is 2.96. The Labute approximate surface area is 176 Å². The number of hydrogen-bond acceptors (Lipinski definition) is 5. The van der Waals surface area contributed by atoms with Gasteiger partial charge in [0, 0.05) is 0 Å². The van der Waals surface area contributed by atoms with E-state index in [4.69, 9.17) is 32.7 Å². The summed E-state index contributed by atoms with van der Waals surface area (Å²) >= 11 is 12.8. The molecule has 1 fully saturated rings. The number of methoxy groups -OCH3 is 1. The second kappa shape index (κ2) is 8.73. The molecule has 0 saturated carbocycles. The topological polar surface area (TPSA) is 55.8 Å². The van der Waals surface area contributed by atoms with Crippen LogP contribution in [0.15, 0.2) is 54.0 Å². The van der Waals surface area contributed by atoms with Gasteiger partial charge in [0.15, 0.2) is 11.5 Å². The molecule has 1 heterocycles. The van der Waals surface area contributed by atoms with Crippen molar-refractivity contribution in [3.05, 3.63) is 69.6 Å². The maximum absolute atomic E-state index is 12.8. The van der Waals surface area contributed by atoms with Crippen LogP contribution < -0.4 is 14.4 Å². The summed E-state index contributed by atoms with van der Waals surface area (Å²) in [5, 5.41) is 0.202. The van der Waals surface area contributed by atoms with Crippen LogP contribution >= 0.6 is 35.0 Å². The predicted molar refractivity (Wildman–Crippen MR) is 114 cm³/mol. The van der Waals surface area contributed by atoms with E-state index < -0.39 is 11.1 Å². The largest absolute Gasteiger partial charge is 0.493 e. The molecule has 1 saturated heterocycles. The Morgan fingerprint density at radius 1 is 1.11 bits per heavy atom. The van der Waals surface area contributed by atoms with Crippen molar-refractivity contribution in [3.63, 3.8) is 0 Å². The molecule has 2 amide bonds. The Bertz CT molecular complexity index is 990. The third-order valence-electron chi connectivity index (χ3n) is 3.80. The second-order valence-electron chi connectivity index (χ2n) is 5.63. The summed E-state index contributed by atoms with van der Waals surface area (Å²) in [7, 11) is 1.53. The van der Waals surface area contributed by atoms with Gasteiger partial charge in [0.05, 0.1) is 27.7 Å². The molecule has 0 N–H and O–H groups in total. The molecule has 0 unspecified atom stereocenters. The van der Waals surface area contributed by atoms with E-state index in [1.165, 1.54) is 13.2 Å². The van der Waals surface area contributed by atoms with Gasteiger partial charge in [-0.05, 0) is 53.7 Å². The zero-order valence-electron chi connectivity index (χ0n) is 14.8. The lowest BCUT2D eigenvalue weighted by molar-refractivity contribution is -0.113. The van der Waals surface area contributed by atoms with Gasteiger partial charge in [0.2, 0.25) is 0 Å². The van der Waals surface area contributed by atoms with E-state index in [-0.39, 0.29) is 9.93 Å². The predicted octanol–water partition coefficient (Wildman–Crippen LogP) is 5.81.